The smallest absolute Gasteiger partial charge is 0.126 e. The van der Waals surface area contributed by atoms with Crippen molar-refractivity contribution in [3.8, 4) is 17.0 Å². The maximum absolute atomic E-state index is 5.79. The van der Waals surface area contributed by atoms with Crippen molar-refractivity contribution in [2.24, 2.45) is 0 Å². The van der Waals surface area contributed by atoms with Gasteiger partial charge in [-0.2, -0.15) is 0 Å². The number of benzene rings is 1. The first-order chi connectivity index (χ1) is 12.3. The fourth-order valence-corrected chi connectivity index (χ4v) is 4.15. The Labute approximate surface area is 149 Å². The lowest BCUT2D eigenvalue weighted by Gasteiger charge is -2.41. The van der Waals surface area contributed by atoms with Gasteiger partial charge in [0.2, 0.25) is 0 Å². The Balaban J connectivity index is 1.56. The maximum atomic E-state index is 5.79. The van der Waals surface area contributed by atoms with Crippen LogP contribution in [0.3, 0.4) is 0 Å². The number of aromatic amines is 1. The molecular formula is C20H27N3O2. The topological polar surface area (TPSA) is 50.4 Å². The molecule has 1 aromatic heterocycles. The minimum absolute atomic E-state index is 0.233. The predicted molar refractivity (Wildman–Crippen MR) is 97.7 cm³/mol. The van der Waals surface area contributed by atoms with Crippen molar-refractivity contribution >= 4 is 0 Å². The van der Waals surface area contributed by atoms with Crippen LogP contribution in [0.2, 0.25) is 0 Å². The lowest BCUT2D eigenvalue weighted by Crippen LogP contribution is -2.46. The SMILES string of the molecule is COc1cccc(-c2cnc(C3COCCN3C3CCCCC3)[nH]2)c1. The third-order valence-corrected chi connectivity index (χ3v) is 5.51. The lowest BCUT2D eigenvalue weighted by molar-refractivity contribution is -0.0400. The quantitative estimate of drug-likeness (QED) is 0.919. The molecule has 0 spiro atoms. The highest BCUT2D eigenvalue weighted by Gasteiger charge is 2.32. The molecule has 2 heterocycles. The molecule has 1 aromatic carbocycles. The summed E-state index contributed by atoms with van der Waals surface area (Å²) in [5.41, 5.74) is 2.13. The molecule has 25 heavy (non-hydrogen) atoms. The second-order valence-electron chi connectivity index (χ2n) is 7.03. The Morgan fingerprint density at radius 2 is 2.12 bits per heavy atom. The van der Waals surface area contributed by atoms with Gasteiger partial charge in [-0.05, 0) is 25.0 Å². The summed E-state index contributed by atoms with van der Waals surface area (Å²) in [5.74, 6) is 1.88. The molecule has 5 heteroatoms. The van der Waals surface area contributed by atoms with Crippen molar-refractivity contribution in [3.05, 3.63) is 36.3 Å². The standard InChI is InChI=1S/C20H27N3O2/c1-24-17-9-5-6-15(12-17)18-13-21-20(22-18)19-14-25-11-10-23(19)16-7-3-2-4-8-16/h5-6,9,12-13,16,19H,2-4,7-8,10-11,14H2,1H3,(H,21,22). The summed E-state index contributed by atoms with van der Waals surface area (Å²) in [4.78, 5) is 10.9. The molecule has 2 aromatic rings. The second kappa shape index (κ2) is 7.58. The zero-order valence-corrected chi connectivity index (χ0v) is 14.9. The monoisotopic (exact) mass is 341 g/mol. The first-order valence-electron chi connectivity index (χ1n) is 9.38. The van der Waals surface area contributed by atoms with Gasteiger partial charge in [0.1, 0.15) is 11.6 Å². The molecule has 0 bridgehead atoms. The van der Waals surface area contributed by atoms with E-state index >= 15 is 0 Å². The largest absolute Gasteiger partial charge is 0.497 e. The zero-order valence-electron chi connectivity index (χ0n) is 14.9. The number of hydrogen-bond donors (Lipinski definition) is 1. The van der Waals surface area contributed by atoms with Gasteiger partial charge in [-0.25, -0.2) is 4.98 Å². The summed E-state index contributed by atoms with van der Waals surface area (Å²) in [6, 6.07) is 8.99. The van der Waals surface area contributed by atoms with Gasteiger partial charge in [-0.3, -0.25) is 4.90 Å². The van der Waals surface area contributed by atoms with Crippen molar-refractivity contribution in [1.82, 2.24) is 14.9 Å². The molecule has 0 radical (unpaired) electrons. The van der Waals surface area contributed by atoms with Crippen LogP contribution in [0.15, 0.2) is 30.5 Å². The van der Waals surface area contributed by atoms with E-state index in [0.29, 0.717) is 6.04 Å². The van der Waals surface area contributed by atoms with Crippen molar-refractivity contribution in [2.75, 3.05) is 26.9 Å². The summed E-state index contributed by atoms with van der Waals surface area (Å²) in [6.45, 7) is 2.56. The van der Waals surface area contributed by atoms with Crippen molar-refractivity contribution in [1.29, 1.82) is 0 Å². The van der Waals surface area contributed by atoms with E-state index in [1.54, 1.807) is 7.11 Å². The Bertz CT molecular complexity index is 694. The molecule has 2 aliphatic rings. The summed E-state index contributed by atoms with van der Waals surface area (Å²) in [5, 5.41) is 0. The second-order valence-corrected chi connectivity index (χ2v) is 7.03. The average Bonchev–Trinajstić information content (AvgIpc) is 3.19. The van der Waals surface area contributed by atoms with Crippen LogP contribution in [0, 0.1) is 0 Å². The zero-order chi connectivity index (χ0) is 17.1. The van der Waals surface area contributed by atoms with Crippen molar-refractivity contribution < 1.29 is 9.47 Å². The molecule has 1 saturated carbocycles. The Morgan fingerprint density at radius 1 is 1.24 bits per heavy atom. The molecule has 2 fully saturated rings. The van der Waals surface area contributed by atoms with Gasteiger partial charge >= 0.3 is 0 Å². The van der Waals surface area contributed by atoms with Crippen LogP contribution >= 0.6 is 0 Å². The molecule has 1 aliphatic heterocycles. The summed E-state index contributed by atoms with van der Waals surface area (Å²) in [7, 11) is 1.69. The Morgan fingerprint density at radius 3 is 2.96 bits per heavy atom. The predicted octanol–water partition coefficient (Wildman–Crippen LogP) is 3.79. The Kier molecular flexibility index (Phi) is 5.04. The molecule has 4 rings (SSSR count). The highest BCUT2D eigenvalue weighted by molar-refractivity contribution is 5.60. The molecular weight excluding hydrogens is 314 g/mol. The molecule has 1 N–H and O–H groups in total. The van der Waals surface area contributed by atoms with Crippen molar-refractivity contribution in [3.63, 3.8) is 0 Å². The highest BCUT2D eigenvalue weighted by atomic mass is 16.5. The van der Waals surface area contributed by atoms with Gasteiger partial charge in [-0.1, -0.05) is 31.4 Å². The van der Waals surface area contributed by atoms with Crippen LogP contribution in [0.5, 0.6) is 5.75 Å². The fourth-order valence-electron chi connectivity index (χ4n) is 4.15. The molecule has 1 aliphatic carbocycles. The van der Waals surface area contributed by atoms with Crippen LogP contribution in [-0.2, 0) is 4.74 Å². The molecule has 1 unspecified atom stereocenters. The van der Waals surface area contributed by atoms with E-state index in [1.165, 1.54) is 32.1 Å². The van der Waals surface area contributed by atoms with E-state index in [-0.39, 0.29) is 6.04 Å². The number of imidazole rings is 1. The first-order valence-corrected chi connectivity index (χ1v) is 9.38. The number of methoxy groups -OCH3 is 1. The molecule has 1 saturated heterocycles. The average molecular weight is 341 g/mol. The van der Waals surface area contributed by atoms with E-state index in [4.69, 9.17) is 14.5 Å². The molecule has 1 atom stereocenters. The van der Waals surface area contributed by atoms with E-state index < -0.39 is 0 Å². The minimum atomic E-state index is 0.233. The van der Waals surface area contributed by atoms with Crippen molar-refractivity contribution in [2.45, 2.75) is 44.2 Å². The van der Waals surface area contributed by atoms with E-state index in [2.05, 4.69) is 16.0 Å². The lowest BCUT2D eigenvalue weighted by atomic mass is 9.93. The van der Waals surface area contributed by atoms with Gasteiger partial charge in [-0.15, -0.1) is 0 Å². The number of ether oxygens (including phenoxy) is 2. The Hall–Kier alpha value is -1.85. The van der Waals surface area contributed by atoms with E-state index in [9.17, 15) is 0 Å². The van der Waals surface area contributed by atoms with Gasteiger partial charge in [0, 0.05) is 18.2 Å². The summed E-state index contributed by atoms with van der Waals surface area (Å²) >= 11 is 0. The normalized spacial score (nSPS) is 22.8. The van der Waals surface area contributed by atoms with E-state index in [0.717, 1.165) is 42.6 Å². The summed E-state index contributed by atoms with van der Waals surface area (Å²) < 4.78 is 11.1. The van der Waals surface area contributed by atoms with Gasteiger partial charge in [0.25, 0.3) is 0 Å². The number of nitrogens with zero attached hydrogens (tertiary/aromatic N) is 2. The number of aromatic nitrogens is 2. The number of nitrogens with one attached hydrogen (secondary N) is 1. The fraction of sp³-hybridized carbons (Fsp3) is 0.550. The van der Waals surface area contributed by atoms with E-state index in [1.807, 2.05) is 24.4 Å². The third-order valence-electron chi connectivity index (χ3n) is 5.51. The maximum Gasteiger partial charge on any atom is 0.126 e. The van der Waals surface area contributed by atoms with Crippen LogP contribution in [-0.4, -0.2) is 47.8 Å². The molecule has 5 nitrogen and oxygen atoms in total. The first kappa shape index (κ1) is 16.6. The van der Waals surface area contributed by atoms with Gasteiger partial charge in [0.05, 0.1) is 38.3 Å². The van der Waals surface area contributed by atoms with Crippen LogP contribution in [0.4, 0.5) is 0 Å². The number of hydrogen-bond acceptors (Lipinski definition) is 4. The third kappa shape index (κ3) is 3.58. The van der Waals surface area contributed by atoms with Crippen LogP contribution in [0.1, 0.15) is 44.0 Å². The minimum Gasteiger partial charge on any atom is -0.497 e. The number of H-pyrrole nitrogens is 1. The number of morpholine rings is 1. The molecule has 0 amide bonds. The van der Waals surface area contributed by atoms with Gasteiger partial charge in [0.15, 0.2) is 0 Å². The molecule has 134 valence electrons. The van der Waals surface area contributed by atoms with Crippen LogP contribution in [0.25, 0.3) is 11.3 Å². The van der Waals surface area contributed by atoms with Crippen LogP contribution < -0.4 is 4.74 Å². The number of rotatable bonds is 4. The van der Waals surface area contributed by atoms with Gasteiger partial charge < -0.3 is 14.5 Å². The summed E-state index contributed by atoms with van der Waals surface area (Å²) in [6.07, 6.45) is 8.62. The highest BCUT2D eigenvalue weighted by Crippen LogP contribution is 2.32.